The Morgan fingerprint density at radius 2 is 2.00 bits per heavy atom. The number of hydrogen-bond donors (Lipinski definition) is 1. The molecule has 0 aliphatic heterocycles. The first-order valence-electron chi connectivity index (χ1n) is 5.46. The van der Waals surface area contributed by atoms with E-state index in [0.29, 0.717) is 5.76 Å². The fourth-order valence-corrected chi connectivity index (χ4v) is 1.46. The molecule has 1 N–H and O–H groups in total. The average molecular weight is 309 g/mol. The molecule has 5 heteroatoms. The van der Waals surface area contributed by atoms with Crippen molar-refractivity contribution in [2.75, 3.05) is 5.32 Å². The molecule has 1 amide bonds. The van der Waals surface area contributed by atoms with Gasteiger partial charge in [-0.2, -0.15) is 0 Å². The van der Waals surface area contributed by atoms with Gasteiger partial charge in [0.15, 0.2) is 12.2 Å². The molecule has 0 spiro atoms. The van der Waals surface area contributed by atoms with E-state index in [-0.39, 0.29) is 5.91 Å². The van der Waals surface area contributed by atoms with Crippen molar-refractivity contribution in [1.82, 2.24) is 4.98 Å². The van der Waals surface area contributed by atoms with Crippen molar-refractivity contribution >= 4 is 27.5 Å². The van der Waals surface area contributed by atoms with Crippen molar-refractivity contribution in [1.29, 1.82) is 0 Å². The molecule has 0 fully saturated rings. The Labute approximate surface area is 114 Å². The predicted molar refractivity (Wildman–Crippen MR) is 73.6 cm³/mol. The van der Waals surface area contributed by atoms with Crippen molar-refractivity contribution in [3.05, 3.63) is 36.9 Å². The van der Waals surface area contributed by atoms with Gasteiger partial charge in [-0.1, -0.05) is 15.9 Å². The number of nitrogens with one attached hydrogen (secondary N) is 1. The molecule has 1 aromatic heterocycles. The topological polar surface area (TPSA) is 55.1 Å². The van der Waals surface area contributed by atoms with Crippen LogP contribution in [-0.2, 0) is 4.79 Å². The summed E-state index contributed by atoms with van der Waals surface area (Å²) in [5.41, 5.74) is 1.67. The zero-order valence-corrected chi connectivity index (χ0v) is 11.7. The minimum atomic E-state index is -0.587. The number of nitrogens with zero attached hydrogens (tertiary/aromatic N) is 1. The van der Waals surface area contributed by atoms with E-state index in [2.05, 4.69) is 26.2 Å². The van der Waals surface area contributed by atoms with Crippen LogP contribution in [0.25, 0.3) is 11.3 Å². The smallest absolute Gasteiger partial charge is 0.240 e. The molecule has 0 atom stereocenters. The number of anilines is 1. The Kier molecular flexibility index (Phi) is 3.52. The molecule has 1 aromatic carbocycles. The molecule has 0 bridgehead atoms. The molecule has 2 aromatic rings. The van der Waals surface area contributed by atoms with Gasteiger partial charge >= 0.3 is 0 Å². The molecule has 0 saturated carbocycles. The molecule has 0 saturated heterocycles. The SMILES string of the molecule is CC(C)(Br)C(=O)Nc1ccc(-c2cnco2)cc1. The molecule has 18 heavy (non-hydrogen) atoms. The summed E-state index contributed by atoms with van der Waals surface area (Å²) in [5.74, 6) is 0.614. The van der Waals surface area contributed by atoms with Gasteiger partial charge in [0.05, 0.1) is 10.5 Å². The molecule has 4 nitrogen and oxygen atoms in total. The zero-order chi connectivity index (χ0) is 13.2. The van der Waals surface area contributed by atoms with E-state index in [1.54, 1.807) is 20.0 Å². The second-order valence-corrected chi connectivity index (χ2v) is 6.35. The number of amides is 1. The number of carbonyl (C=O) groups excluding carboxylic acids is 1. The largest absolute Gasteiger partial charge is 0.444 e. The van der Waals surface area contributed by atoms with Gasteiger partial charge in [-0.15, -0.1) is 0 Å². The Bertz CT molecular complexity index is 527. The van der Waals surface area contributed by atoms with E-state index < -0.39 is 4.32 Å². The van der Waals surface area contributed by atoms with Crippen molar-refractivity contribution < 1.29 is 9.21 Å². The Morgan fingerprint density at radius 3 is 2.50 bits per heavy atom. The van der Waals surface area contributed by atoms with E-state index >= 15 is 0 Å². The lowest BCUT2D eigenvalue weighted by molar-refractivity contribution is -0.117. The van der Waals surface area contributed by atoms with Gasteiger partial charge in [0.25, 0.3) is 0 Å². The van der Waals surface area contributed by atoms with E-state index in [1.807, 2.05) is 24.3 Å². The number of alkyl halides is 1. The van der Waals surface area contributed by atoms with Crippen LogP contribution >= 0.6 is 15.9 Å². The maximum atomic E-state index is 11.8. The summed E-state index contributed by atoms with van der Waals surface area (Å²) in [6.45, 7) is 3.59. The Hall–Kier alpha value is -1.62. The molecular weight excluding hydrogens is 296 g/mol. The number of carbonyl (C=O) groups is 1. The van der Waals surface area contributed by atoms with E-state index in [1.165, 1.54) is 6.39 Å². The van der Waals surface area contributed by atoms with Gasteiger partial charge in [0.2, 0.25) is 5.91 Å². The fourth-order valence-electron chi connectivity index (χ4n) is 1.36. The first-order chi connectivity index (χ1) is 8.47. The van der Waals surface area contributed by atoms with Crippen LogP contribution in [0.5, 0.6) is 0 Å². The minimum absolute atomic E-state index is 0.0880. The van der Waals surface area contributed by atoms with Crippen molar-refractivity contribution in [3.63, 3.8) is 0 Å². The molecule has 1 heterocycles. The summed E-state index contributed by atoms with van der Waals surface area (Å²) in [4.78, 5) is 15.6. The summed E-state index contributed by atoms with van der Waals surface area (Å²) in [7, 11) is 0. The van der Waals surface area contributed by atoms with Crippen LogP contribution in [0, 0.1) is 0 Å². The molecule has 0 aliphatic rings. The number of halogens is 1. The lowest BCUT2D eigenvalue weighted by atomic mass is 10.1. The average Bonchev–Trinajstić information content (AvgIpc) is 2.82. The summed E-state index contributed by atoms with van der Waals surface area (Å²) in [6.07, 6.45) is 3.04. The van der Waals surface area contributed by atoms with Crippen LogP contribution in [0.1, 0.15) is 13.8 Å². The zero-order valence-electron chi connectivity index (χ0n) is 10.1. The standard InChI is InChI=1S/C13H13BrN2O2/c1-13(2,14)12(17)16-10-5-3-9(4-6-10)11-7-15-8-18-11/h3-8H,1-2H3,(H,16,17). The number of benzene rings is 1. The van der Waals surface area contributed by atoms with Crippen molar-refractivity contribution in [2.24, 2.45) is 0 Å². The van der Waals surface area contributed by atoms with Gasteiger partial charge in [-0.05, 0) is 38.1 Å². The second kappa shape index (κ2) is 4.94. The highest BCUT2D eigenvalue weighted by Gasteiger charge is 2.23. The Balaban J connectivity index is 2.12. The normalized spacial score (nSPS) is 11.3. The monoisotopic (exact) mass is 308 g/mol. The summed E-state index contributed by atoms with van der Waals surface area (Å²) in [6, 6.07) is 7.40. The first kappa shape index (κ1) is 12.8. The summed E-state index contributed by atoms with van der Waals surface area (Å²) in [5, 5.41) is 2.82. The predicted octanol–water partition coefficient (Wildman–Crippen LogP) is 3.45. The van der Waals surface area contributed by atoms with E-state index in [9.17, 15) is 4.79 Å². The van der Waals surface area contributed by atoms with Gasteiger partial charge in [0.1, 0.15) is 0 Å². The second-order valence-electron chi connectivity index (χ2n) is 4.37. The molecular formula is C13H13BrN2O2. The highest BCUT2D eigenvalue weighted by atomic mass is 79.9. The molecule has 94 valence electrons. The third-order valence-corrected chi connectivity index (χ3v) is 2.76. The fraction of sp³-hybridized carbons (Fsp3) is 0.231. The first-order valence-corrected chi connectivity index (χ1v) is 6.25. The van der Waals surface area contributed by atoms with Crippen molar-refractivity contribution in [2.45, 2.75) is 18.2 Å². The van der Waals surface area contributed by atoms with E-state index in [0.717, 1.165) is 11.3 Å². The number of aromatic nitrogens is 1. The number of oxazole rings is 1. The lowest BCUT2D eigenvalue weighted by Gasteiger charge is -2.15. The summed E-state index contributed by atoms with van der Waals surface area (Å²) >= 11 is 3.31. The molecule has 0 aliphatic carbocycles. The maximum Gasteiger partial charge on any atom is 0.240 e. The van der Waals surface area contributed by atoms with Crippen LogP contribution in [0.4, 0.5) is 5.69 Å². The quantitative estimate of drug-likeness (QED) is 0.884. The molecule has 0 unspecified atom stereocenters. The van der Waals surface area contributed by atoms with Crippen LogP contribution in [0.3, 0.4) is 0 Å². The number of hydrogen-bond acceptors (Lipinski definition) is 3. The molecule has 0 radical (unpaired) electrons. The van der Waals surface area contributed by atoms with Crippen LogP contribution in [0.2, 0.25) is 0 Å². The Morgan fingerprint density at radius 1 is 1.33 bits per heavy atom. The minimum Gasteiger partial charge on any atom is -0.444 e. The third kappa shape index (κ3) is 2.98. The number of rotatable bonds is 3. The van der Waals surface area contributed by atoms with Gasteiger partial charge in [0, 0.05) is 11.3 Å². The van der Waals surface area contributed by atoms with E-state index in [4.69, 9.17) is 4.42 Å². The van der Waals surface area contributed by atoms with Gasteiger partial charge < -0.3 is 9.73 Å². The van der Waals surface area contributed by atoms with Crippen molar-refractivity contribution in [3.8, 4) is 11.3 Å². The molecule has 2 rings (SSSR count). The van der Waals surface area contributed by atoms with Gasteiger partial charge in [-0.25, -0.2) is 4.98 Å². The third-order valence-electron chi connectivity index (χ3n) is 2.40. The summed E-state index contributed by atoms with van der Waals surface area (Å²) < 4.78 is 4.60. The van der Waals surface area contributed by atoms with Crippen LogP contribution < -0.4 is 5.32 Å². The van der Waals surface area contributed by atoms with Crippen LogP contribution in [-0.4, -0.2) is 15.2 Å². The lowest BCUT2D eigenvalue weighted by Crippen LogP contribution is -2.30. The van der Waals surface area contributed by atoms with Gasteiger partial charge in [-0.3, -0.25) is 4.79 Å². The highest BCUT2D eigenvalue weighted by molar-refractivity contribution is 9.10. The maximum absolute atomic E-state index is 11.8. The highest BCUT2D eigenvalue weighted by Crippen LogP contribution is 2.22. The van der Waals surface area contributed by atoms with Crippen LogP contribution in [0.15, 0.2) is 41.3 Å².